The summed E-state index contributed by atoms with van der Waals surface area (Å²) in [6.45, 7) is 0.303. The van der Waals surface area contributed by atoms with Crippen LogP contribution in [0.5, 0.6) is 0 Å². The van der Waals surface area contributed by atoms with Gasteiger partial charge in [-0.3, -0.25) is 0 Å². The van der Waals surface area contributed by atoms with Crippen LogP contribution in [0, 0.1) is 0 Å². The van der Waals surface area contributed by atoms with E-state index >= 15 is 0 Å². The van der Waals surface area contributed by atoms with Crippen LogP contribution in [0.25, 0.3) is 75.1 Å². The Bertz CT molecular complexity index is 3070. The molecular weight excluding hydrogens is 627 g/mol. The number of benzene rings is 8. The highest BCUT2D eigenvalue weighted by atomic mass is 32.1. The summed E-state index contributed by atoms with van der Waals surface area (Å²) >= 11 is 1.79. The van der Waals surface area contributed by atoms with E-state index in [0.717, 1.165) is 55.1 Å². The van der Waals surface area contributed by atoms with Crippen molar-refractivity contribution in [2.45, 2.75) is 6.54 Å². The van der Waals surface area contributed by atoms with Crippen molar-refractivity contribution in [2.24, 2.45) is 0 Å². The first-order chi connectivity index (χ1) is 26.4. The van der Waals surface area contributed by atoms with Crippen LogP contribution in [0.3, 0.4) is 0 Å². The summed E-state index contributed by atoms with van der Waals surface area (Å²) in [6, 6.07) is 50.6. The second-order valence-corrected chi connectivity index (χ2v) is 13.7. The molecule has 0 aliphatic carbocycles. The van der Waals surface area contributed by atoms with Crippen LogP contribution in [0.4, 0.5) is 11.4 Å². The molecule has 0 bridgehead atoms. The van der Waals surface area contributed by atoms with Crippen LogP contribution >= 0.6 is 11.3 Å². The maximum absolute atomic E-state index is 9.51. The third-order valence-electron chi connectivity index (χ3n) is 9.59. The Labute approximate surface area is 299 Å². The number of rotatable bonds is 6. The summed E-state index contributed by atoms with van der Waals surface area (Å²) in [5.74, 6) is 0. The van der Waals surface area contributed by atoms with Crippen molar-refractivity contribution in [1.82, 2.24) is 0 Å². The molecule has 0 spiro atoms. The van der Waals surface area contributed by atoms with E-state index in [4.69, 9.17) is 4.42 Å². The summed E-state index contributed by atoms with van der Waals surface area (Å²) in [5, 5.41) is 6.30. The van der Waals surface area contributed by atoms with E-state index in [0.29, 0.717) is 17.7 Å². The standard InChI is InChI=1S/C47H31NOS/c1-2-13-38-32(9-1)10-8-16-39(38)33-20-23-36(24-21-33)48(30-31-19-25-45-42(27-31)40-14-3-5-17-44(40)49-45)37-12-7-11-34(28-37)35-22-26-47-43(29-35)41-15-4-6-18-46(41)50-47/h1-29H,30H2/i20D,21D,23D,24D. The van der Waals surface area contributed by atoms with E-state index in [1.807, 2.05) is 95.9 Å². The van der Waals surface area contributed by atoms with E-state index in [2.05, 4.69) is 60.7 Å². The molecule has 2 nitrogen and oxygen atoms in total. The van der Waals surface area contributed by atoms with Gasteiger partial charge in [0.05, 0.1) is 5.48 Å². The van der Waals surface area contributed by atoms with E-state index in [1.54, 1.807) is 11.3 Å². The Balaban J connectivity index is 1.15. The highest BCUT2D eigenvalue weighted by molar-refractivity contribution is 7.25. The SMILES string of the molecule is [2H]c1c([2H])c(N(Cc2ccc3oc4ccccc4c3c2)c2cccc(-c3ccc4sc5ccccc5c4c3)c2)c([2H])c([2H])c1-c1cccc2ccccc12. The molecule has 10 rings (SSSR count). The number of hydrogen-bond acceptors (Lipinski definition) is 3. The van der Waals surface area contributed by atoms with Gasteiger partial charge in [-0.15, -0.1) is 11.3 Å². The van der Waals surface area contributed by atoms with Crippen LogP contribution in [0.15, 0.2) is 180 Å². The summed E-state index contributed by atoms with van der Waals surface area (Å²) in [6.07, 6.45) is 0. The Hall–Kier alpha value is -6.16. The molecule has 0 radical (unpaired) electrons. The second-order valence-electron chi connectivity index (χ2n) is 12.6. The van der Waals surface area contributed by atoms with Gasteiger partial charge in [-0.05, 0) is 99.2 Å². The molecule has 0 atom stereocenters. The number of para-hydroxylation sites is 1. The van der Waals surface area contributed by atoms with Crippen molar-refractivity contribution in [3.8, 4) is 22.3 Å². The molecule has 0 fully saturated rings. The molecule has 0 unspecified atom stereocenters. The molecule has 2 heterocycles. The third-order valence-corrected chi connectivity index (χ3v) is 10.7. The fourth-order valence-corrected chi connectivity index (χ4v) is 8.22. The lowest BCUT2D eigenvalue weighted by Gasteiger charge is -2.26. The van der Waals surface area contributed by atoms with E-state index in [-0.39, 0.29) is 29.9 Å². The van der Waals surface area contributed by atoms with Crippen molar-refractivity contribution in [3.05, 3.63) is 181 Å². The minimum absolute atomic E-state index is 0.0745. The molecule has 10 aromatic rings. The van der Waals surface area contributed by atoms with Gasteiger partial charge in [-0.2, -0.15) is 0 Å². The Morgan fingerprint density at radius 2 is 1.20 bits per heavy atom. The highest BCUT2D eigenvalue weighted by Crippen LogP contribution is 2.39. The van der Waals surface area contributed by atoms with Crippen molar-refractivity contribution in [3.63, 3.8) is 0 Å². The lowest BCUT2D eigenvalue weighted by molar-refractivity contribution is 0.668. The monoisotopic (exact) mass is 661 g/mol. The zero-order chi connectivity index (χ0) is 36.5. The van der Waals surface area contributed by atoms with Gasteiger partial charge in [0.25, 0.3) is 0 Å². The van der Waals surface area contributed by atoms with Crippen molar-refractivity contribution >= 4 is 75.6 Å². The number of hydrogen-bond donors (Lipinski definition) is 0. The summed E-state index contributed by atoms with van der Waals surface area (Å²) in [4.78, 5) is 1.93. The normalized spacial score (nSPS) is 12.8. The van der Waals surface area contributed by atoms with Gasteiger partial charge in [-0.1, -0.05) is 115 Å². The second kappa shape index (κ2) is 11.8. The average molecular weight is 662 g/mol. The predicted molar refractivity (Wildman–Crippen MR) is 214 cm³/mol. The van der Waals surface area contributed by atoms with E-state index in [9.17, 15) is 5.48 Å². The summed E-state index contributed by atoms with van der Waals surface area (Å²) < 4.78 is 46.4. The van der Waals surface area contributed by atoms with Crippen molar-refractivity contribution in [1.29, 1.82) is 0 Å². The maximum Gasteiger partial charge on any atom is 0.135 e. The molecule has 0 aliphatic heterocycles. The Morgan fingerprint density at radius 1 is 0.480 bits per heavy atom. The highest BCUT2D eigenvalue weighted by Gasteiger charge is 2.15. The summed E-state index contributed by atoms with van der Waals surface area (Å²) in [7, 11) is 0. The fourth-order valence-electron chi connectivity index (χ4n) is 7.13. The topological polar surface area (TPSA) is 16.4 Å². The molecule has 50 heavy (non-hydrogen) atoms. The largest absolute Gasteiger partial charge is 0.456 e. The molecule has 0 saturated carbocycles. The minimum atomic E-state index is -0.0923. The van der Waals surface area contributed by atoms with Gasteiger partial charge in [0.1, 0.15) is 11.2 Å². The predicted octanol–water partition coefficient (Wildman–Crippen LogP) is 13.8. The number of nitrogens with zero attached hydrogens (tertiary/aromatic N) is 1. The van der Waals surface area contributed by atoms with E-state index in [1.165, 1.54) is 20.2 Å². The summed E-state index contributed by atoms with van der Waals surface area (Å²) in [5.41, 5.74) is 6.56. The van der Waals surface area contributed by atoms with Crippen LogP contribution in [0.2, 0.25) is 0 Å². The minimum Gasteiger partial charge on any atom is -0.456 e. The number of thiophene rings is 1. The molecule has 3 heteroatoms. The van der Waals surface area contributed by atoms with Gasteiger partial charge in [0.2, 0.25) is 0 Å². The maximum atomic E-state index is 9.51. The van der Waals surface area contributed by atoms with Crippen molar-refractivity contribution < 1.29 is 9.90 Å². The molecule has 0 N–H and O–H groups in total. The van der Waals surface area contributed by atoms with E-state index < -0.39 is 0 Å². The van der Waals surface area contributed by atoms with Crippen molar-refractivity contribution in [2.75, 3.05) is 4.90 Å². The molecule has 0 amide bonds. The lowest BCUT2D eigenvalue weighted by Crippen LogP contribution is -2.16. The molecule has 0 saturated heterocycles. The van der Waals surface area contributed by atoms with Crippen LogP contribution in [-0.4, -0.2) is 0 Å². The molecular formula is C47H31NOS. The quantitative estimate of drug-likeness (QED) is 0.176. The van der Waals surface area contributed by atoms with Gasteiger partial charge in [0, 0.05) is 48.9 Å². The van der Waals surface area contributed by atoms with Gasteiger partial charge in [-0.25, -0.2) is 0 Å². The number of furan rings is 1. The molecule has 0 aliphatic rings. The average Bonchev–Trinajstić information content (AvgIpc) is 3.78. The molecule has 2 aromatic heterocycles. The first-order valence-corrected chi connectivity index (χ1v) is 17.5. The Kier molecular flexibility index (Phi) is 5.86. The van der Waals surface area contributed by atoms with Gasteiger partial charge >= 0.3 is 0 Å². The third kappa shape index (κ3) is 4.94. The zero-order valence-electron chi connectivity index (χ0n) is 30.9. The Morgan fingerprint density at radius 3 is 2.12 bits per heavy atom. The van der Waals surface area contributed by atoms with Crippen LogP contribution < -0.4 is 4.90 Å². The van der Waals surface area contributed by atoms with Gasteiger partial charge in [0.15, 0.2) is 0 Å². The number of fused-ring (bicyclic) bond motifs is 7. The fraction of sp³-hybridized carbons (Fsp3) is 0.0213. The molecule has 236 valence electrons. The molecule has 8 aromatic carbocycles. The zero-order valence-corrected chi connectivity index (χ0v) is 27.7. The lowest BCUT2D eigenvalue weighted by atomic mass is 9.98. The van der Waals surface area contributed by atoms with Gasteiger partial charge < -0.3 is 9.32 Å². The van der Waals surface area contributed by atoms with Crippen LogP contribution in [-0.2, 0) is 6.54 Å². The van der Waals surface area contributed by atoms with Crippen LogP contribution in [0.1, 0.15) is 11.0 Å². The number of anilines is 2. The first kappa shape index (κ1) is 24.9. The first-order valence-electron chi connectivity index (χ1n) is 18.7. The smallest absolute Gasteiger partial charge is 0.135 e.